The average molecular weight is 273 g/mol. The van der Waals surface area contributed by atoms with Crippen LogP contribution in [-0.4, -0.2) is 0 Å². The molecule has 3 heteroatoms. The summed E-state index contributed by atoms with van der Waals surface area (Å²) in [6, 6.07) is 15.4. The zero-order chi connectivity index (χ0) is 11.5. The van der Waals surface area contributed by atoms with Crippen LogP contribution in [0.25, 0.3) is 11.1 Å². The SMILES string of the molecule is N#Cc1cccc(-c2cccc(Br)c2)c1N. The Hall–Kier alpha value is -1.79. The third-order valence-electron chi connectivity index (χ3n) is 2.36. The van der Waals surface area contributed by atoms with Crippen molar-refractivity contribution in [3.05, 3.63) is 52.5 Å². The number of halogens is 1. The van der Waals surface area contributed by atoms with Crippen LogP contribution in [0.4, 0.5) is 5.69 Å². The van der Waals surface area contributed by atoms with E-state index in [1.54, 1.807) is 6.07 Å². The van der Waals surface area contributed by atoms with E-state index < -0.39 is 0 Å². The first-order chi connectivity index (χ1) is 7.72. The summed E-state index contributed by atoms with van der Waals surface area (Å²) < 4.78 is 0.992. The standard InChI is InChI=1S/C13H9BrN2/c14-11-5-1-3-9(7-11)12-6-2-4-10(8-15)13(12)16/h1-7H,16H2. The van der Waals surface area contributed by atoms with Crippen LogP contribution < -0.4 is 5.73 Å². The fourth-order valence-electron chi connectivity index (χ4n) is 1.57. The van der Waals surface area contributed by atoms with E-state index in [4.69, 9.17) is 11.0 Å². The molecule has 2 aromatic carbocycles. The van der Waals surface area contributed by atoms with Gasteiger partial charge in [0.15, 0.2) is 0 Å². The second kappa shape index (κ2) is 4.38. The van der Waals surface area contributed by atoms with Gasteiger partial charge >= 0.3 is 0 Å². The third-order valence-corrected chi connectivity index (χ3v) is 2.86. The molecule has 0 saturated carbocycles. The molecular weight excluding hydrogens is 264 g/mol. The topological polar surface area (TPSA) is 49.8 Å². The first-order valence-corrected chi connectivity index (χ1v) is 5.56. The molecular formula is C13H9BrN2. The highest BCUT2D eigenvalue weighted by molar-refractivity contribution is 9.10. The molecule has 0 saturated heterocycles. The quantitative estimate of drug-likeness (QED) is 0.807. The Bertz CT molecular complexity index is 570. The molecule has 0 spiro atoms. The van der Waals surface area contributed by atoms with Crippen molar-refractivity contribution in [2.45, 2.75) is 0 Å². The molecule has 0 aromatic heterocycles. The summed E-state index contributed by atoms with van der Waals surface area (Å²) in [5.74, 6) is 0. The Morgan fingerprint density at radius 3 is 2.56 bits per heavy atom. The van der Waals surface area contributed by atoms with E-state index in [1.807, 2.05) is 36.4 Å². The Kier molecular flexibility index (Phi) is 2.93. The van der Waals surface area contributed by atoms with Gasteiger partial charge in [0.25, 0.3) is 0 Å². The molecule has 78 valence electrons. The molecule has 0 unspecified atom stereocenters. The number of rotatable bonds is 1. The van der Waals surface area contributed by atoms with E-state index in [1.165, 1.54) is 0 Å². The van der Waals surface area contributed by atoms with Crippen LogP contribution in [0, 0.1) is 11.3 Å². The molecule has 0 fully saturated rings. The van der Waals surface area contributed by atoms with Crippen molar-refractivity contribution in [3.63, 3.8) is 0 Å². The molecule has 0 heterocycles. The number of nitrogens with zero attached hydrogens (tertiary/aromatic N) is 1. The summed E-state index contributed by atoms with van der Waals surface area (Å²) in [6.45, 7) is 0. The van der Waals surface area contributed by atoms with E-state index in [0.717, 1.165) is 15.6 Å². The smallest absolute Gasteiger partial charge is 0.101 e. The van der Waals surface area contributed by atoms with Crippen LogP contribution in [-0.2, 0) is 0 Å². The van der Waals surface area contributed by atoms with E-state index in [9.17, 15) is 0 Å². The van der Waals surface area contributed by atoms with Gasteiger partial charge in [-0.05, 0) is 23.8 Å². The number of nitrogens with two attached hydrogens (primary N) is 1. The van der Waals surface area contributed by atoms with Crippen molar-refractivity contribution < 1.29 is 0 Å². The maximum atomic E-state index is 8.91. The molecule has 16 heavy (non-hydrogen) atoms. The minimum Gasteiger partial charge on any atom is -0.397 e. The van der Waals surface area contributed by atoms with Gasteiger partial charge in [0.1, 0.15) is 6.07 Å². The normalized spacial score (nSPS) is 9.75. The Morgan fingerprint density at radius 2 is 1.88 bits per heavy atom. The van der Waals surface area contributed by atoms with E-state index >= 15 is 0 Å². The highest BCUT2D eigenvalue weighted by Crippen LogP contribution is 2.29. The summed E-state index contributed by atoms with van der Waals surface area (Å²) >= 11 is 3.41. The first kappa shape index (κ1) is 10.7. The number of para-hydroxylation sites is 1. The van der Waals surface area contributed by atoms with Gasteiger partial charge in [-0.3, -0.25) is 0 Å². The number of nitriles is 1. The van der Waals surface area contributed by atoms with E-state index in [-0.39, 0.29) is 0 Å². The highest BCUT2D eigenvalue weighted by atomic mass is 79.9. The van der Waals surface area contributed by atoms with Gasteiger partial charge in [0, 0.05) is 10.0 Å². The van der Waals surface area contributed by atoms with Crippen molar-refractivity contribution in [1.29, 1.82) is 5.26 Å². The van der Waals surface area contributed by atoms with Crippen LogP contribution in [0.1, 0.15) is 5.56 Å². The Morgan fingerprint density at radius 1 is 1.12 bits per heavy atom. The lowest BCUT2D eigenvalue weighted by Gasteiger charge is -2.07. The monoisotopic (exact) mass is 272 g/mol. The predicted molar refractivity (Wildman–Crippen MR) is 68.7 cm³/mol. The second-order valence-corrected chi connectivity index (χ2v) is 4.30. The lowest BCUT2D eigenvalue weighted by Crippen LogP contribution is -1.93. The highest BCUT2D eigenvalue weighted by Gasteiger charge is 2.06. The maximum absolute atomic E-state index is 8.91. The van der Waals surface area contributed by atoms with Crippen molar-refractivity contribution in [2.75, 3.05) is 5.73 Å². The lowest BCUT2D eigenvalue weighted by molar-refractivity contribution is 1.48. The molecule has 0 aliphatic carbocycles. The summed E-state index contributed by atoms with van der Waals surface area (Å²) in [6.07, 6.45) is 0. The molecule has 0 aliphatic heterocycles. The van der Waals surface area contributed by atoms with E-state index in [2.05, 4.69) is 22.0 Å². The van der Waals surface area contributed by atoms with Gasteiger partial charge in [0.2, 0.25) is 0 Å². The van der Waals surface area contributed by atoms with Gasteiger partial charge in [-0.1, -0.05) is 40.2 Å². The van der Waals surface area contributed by atoms with Gasteiger partial charge in [-0.25, -0.2) is 0 Å². The van der Waals surface area contributed by atoms with Gasteiger partial charge < -0.3 is 5.73 Å². The molecule has 2 rings (SSSR count). The summed E-state index contributed by atoms with van der Waals surface area (Å²) in [5, 5.41) is 8.91. The molecule has 2 nitrogen and oxygen atoms in total. The molecule has 0 amide bonds. The number of benzene rings is 2. The third kappa shape index (κ3) is 1.93. The largest absolute Gasteiger partial charge is 0.397 e. The zero-order valence-electron chi connectivity index (χ0n) is 8.44. The molecule has 2 aromatic rings. The molecule has 0 atom stereocenters. The fourth-order valence-corrected chi connectivity index (χ4v) is 1.97. The minimum atomic E-state index is 0.512. The van der Waals surface area contributed by atoms with Crippen molar-refractivity contribution in [3.8, 4) is 17.2 Å². The van der Waals surface area contributed by atoms with Gasteiger partial charge in [-0.2, -0.15) is 5.26 Å². The molecule has 0 radical (unpaired) electrons. The Balaban J connectivity index is 2.62. The predicted octanol–water partition coefficient (Wildman–Crippen LogP) is 3.57. The fraction of sp³-hybridized carbons (Fsp3) is 0. The van der Waals surface area contributed by atoms with Crippen molar-refractivity contribution in [1.82, 2.24) is 0 Å². The van der Waals surface area contributed by atoms with Gasteiger partial charge in [-0.15, -0.1) is 0 Å². The van der Waals surface area contributed by atoms with Crippen LogP contribution in [0.5, 0.6) is 0 Å². The van der Waals surface area contributed by atoms with Crippen LogP contribution in [0.2, 0.25) is 0 Å². The lowest BCUT2D eigenvalue weighted by atomic mass is 10.0. The number of anilines is 1. The van der Waals surface area contributed by atoms with Gasteiger partial charge in [0.05, 0.1) is 11.3 Å². The zero-order valence-corrected chi connectivity index (χ0v) is 10.0. The van der Waals surface area contributed by atoms with Crippen molar-refractivity contribution in [2.24, 2.45) is 0 Å². The maximum Gasteiger partial charge on any atom is 0.101 e. The molecule has 0 aliphatic rings. The number of nitrogen functional groups attached to an aromatic ring is 1. The van der Waals surface area contributed by atoms with Crippen LogP contribution >= 0.6 is 15.9 Å². The Labute approximate surface area is 102 Å². The average Bonchev–Trinajstić information content (AvgIpc) is 2.29. The second-order valence-electron chi connectivity index (χ2n) is 3.39. The number of hydrogen-bond donors (Lipinski definition) is 1. The van der Waals surface area contributed by atoms with Crippen LogP contribution in [0.3, 0.4) is 0 Å². The summed E-state index contributed by atoms with van der Waals surface area (Å²) in [4.78, 5) is 0. The van der Waals surface area contributed by atoms with Crippen LogP contribution in [0.15, 0.2) is 46.9 Å². The van der Waals surface area contributed by atoms with E-state index in [0.29, 0.717) is 11.3 Å². The summed E-state index contributed by atoms with van der Waals surface area (Å²) in [5.41, 5.74) is 8.87. The number of hydrogen-bond acceptors (Lipinski definition) is 2. The minimum absolute atomic E-state index is 0.512. The molecule has 2 N–H and O–H groups in total. The summed E-state index contributed by atoms with van der Waals surface area (Å²) in [7, 11) is 0. The first-order valence-electron chi connectivity index (χ1n) is 4.77. The molecule has 0 bridgehead atoms. The van der Waals surface area contributed by atoms with Crippen molar-refractivity contribution >= 4 is 21.6 Å².